The van der Waals surface area contributed by atoms with Gasteiger partial charge in [-0.3, -0.25) is 4.98 Å². The number of thiocarbonyl (C=S) groups is 1. The van der Waals surface area contributed by atoms with Crippen LogP contribution < -0.4 is 10.2 Å². The van der Waals surface area contributed by atoms with Crippen molar-refractivity contribution in [1.29, 1.82) is 0 Å². The molecule has 0 amide bonds. The number of aryl methyl sites for hydroxylation is 2. The molecule has 1 fully saturated rings. The molecule has 0 saturated carbocycles. The number of pyridine rings is 1. The Morgan fingerprint density at radius 2 is 1.59 bits per heavy atom. The molecule has 0 bridgehead atoms. The first-order valence-electron chi connectivity index (χ1n) is 10.9. The quantitative estimate of drug-likeness (QED) is 0.398. The van der Waals surface area contributed by atoms with Crippen LogP contribution in [-0.4, -0.2) is 14.7 Å². The number of nitrogens with one attached hydrogen (secondary N) is 1. The molecule has 1 saturated heterocycles. The van der Waals surface area contributed by atoms with E-state index < -0.39 is 0 Å². The van der Waals surface area contributed by atoms with Crippen molar-refractivity contribution in [1.82, 2.24) is 14.9 Å². The van der Waals surface area contributed by atoms with Gasteiger partial charge < -0.3 is 14.8 Å². The summed E-state index contributed by atoms with van der Waals surface area (Å²) in [6, 6.07) is 27.3. The first kappa shape index (κ1) is 20.5. The summed E-state index contributed by atoms with van der Waals surface area (Å²) >= 11 is 5.85. The Hall–Kier alpha value is -3.44. The van der Waals surface area contributed by atoms with E-state index in [4.69, 9.17) is 12.2 Å². The highest BCUT2D eigenvalue weighted by atomic mass is 32.1. The van der Waals surface area contributed by atoms with Gasteiger partial charge in [-0.05, 0) is 86.6 Å². The predicted octanol–water partition coefficient (Wildman–Crippen LogP) is 5.97. The van der Waals surface area contributed by atoms with Crippen LogP contribution in [0.4, 0.5) is 5.69 Å². The number of aromatic nitrogens is 2. The Labute approximate surface area is 194 Å². The monoisotopic (exact) mass is 438 g/mol. The van der Waals surface area contributed by atoms with Crippen LogP contribution >= 0.6 is 12.2 Å². The number of para-hydroxylation sites is 1. The van der Waals surface area contributed by atoms with Crippen molar-refractivity contribution < 1.29 is 0 Å². The zero-order chi connectivity index (χ0) is 22.2. The van der Waals surface area contributed by atoms with Crippen LogP contribution in [0.15, 0.2) is 85.1 Å². The van der Waals surface area contributed by atoms with Gasteiger partial charge in [0.15, 0.2) is 5.11 Å². The number of hydrogen-bond donors (Lipinski definition) is 1. The first-order valence-corrected chi connectivity index (χ1v) is 11.3. The third-order valence-electron chi connectivity index (χ3n) is 6.18. The van der Waals surface area contributed by atoms with E-state index in [-0.39, 0.29) is 12.1 Å². The Kier molecular flexibility index (Phi) is 5.27. The molecule has 32 heavy (non-hydrogen) atoms. The molecule has 2 atom stereocenters. The third-order valence-corrected chi connectivity index (χ3v) is 6.50. The third kappa shape index (κ3) is 3.49. The van der Waals surface area contributed by atoms with Crippen LogP contribution in [0, 0.1) is 20.8 Å². The van der Waals surface area contributed by atoms with E-state index in [1.165, 1.54) is 28.2 Å². The molecular weight excluding hydrogens is 412 g/mol. The van der Waals surface area contributed by atoms with Crippen molar-refractivity contribution in [3.63, 3.8) is 0 Å². The van der Waals surface area contributed by atoms with Gasteiger partial charge in [-0.15, -0.1) is 0 Å². The summed E-state index contributed by atoms with van der Waals surface area (Å²) in [6.45, 7) is 6.50. The standard InChI is InChI=1S/C27H26N4S/c1-18-10-9-13-22(16-18)30-19(2)17-23(20(30)3)26-25(24-14-7-8-15-28-24)29-27(32)31(26)21-11-5-4-6-12-21/h4-17,25-26H,1-3H3,(H,29,32)/t25-,26+/m0/s1. The minimum atomic E-state index is -0.0460. The number of anilines is 1. The van der Waals surface area contributed by atoms with E-state index in [0.717, 1.165) is 16.5 Å². The Balaban J connectivity index is 1.68. The topological polar surface area (TPSA) is 33.1 Å². The molecule has 2 aromatic heterocycles. The highest BCUT2D eigenvalue weighted by molar-refractivity contribution is 7.80. The molecule has 5 heteroatoms. The zero-order valence-electron chi connectivity index (χ0n) is 18.5. The van der Waals surface area contributed by atoms with Crippen molar-refractivity contribution in [2.45, 2.75) is 32.9 Å². The second-order valence-corrected chi connectivity index (χ2v) is 8.72. The fourth-order valence-electron chi connectivity index (χ4n) is 4.79. The van der Waals surface area contributed by atoms with Crippen molar-refractivity contribution in [2.75, 3.05) is 4.90 Å². The summed E-state index contributed by atoms with van der Waals surface area (Å²) < 4.78 is 2.34. The van der Waals surface area contributed by atoms with Crippen molar-refractivity contribution in [2.24, 2.45) is 0 Å². The molecule has 3 heterocycles. The van der Waals surface area contributed by atoms with E-state index in [1.807, 2.05) is 24.4 Å². The van der Waals surface area contributed by atoms with Crippen molar-refractivity contribution in [3.05, 3.63) is 113 Å². The number of hydrogen-bond acceptors (Lipinski definition) is 2. The normalized spacial score (nSPS) is 18.1. The molecule has 4 aromatic rings. The van der Waals surface area contributed by atoms with Gasteiger partial charge in [-0.1, -0.05) is 36.4 Å². The second kappa shape index (κ2) is 8.24. The summed E-state index contributed by atoms with van der Waals surface area (Å²) in [6.07, 6.45) is 1.85. The molecule has 160 valence electrons. The Morgan fingerprint density at radius 3 is 2.31 bits per heavy atom. The average molecular weight is 439 g/mol. The van der Waals surface area contributed by atoms with Gasteiger partial charge in [-0.25, -0.2) is 0 Å². The molecule has 0 spiro atoms. The lowest BCUT2D eigenvalue weighted by Crippen LogP contribution is -2.29. The lowest BCUT2D eigenvalue weighted by Gasteiger charge is -2.28. The van der Waals surface area contributed by atoms with Gasteiger partial charge in [-0.2, -0.15) is 0 Å². The van der Waals surface area contributed by atoms with Gasteiger partial charge in [0.25, 0.3) is 0 Å². The summed E-state index contributed by atoms with van der Waals surface area (Å²) in [5.74, 6) is 0. The van der Waals surface area contributed by atoms with E-state index in [2.05, 4.69) is 101 Å². The molecule has 0 radical (unpaired) electrons. The summed E-state index contributed by atoms with van der Waals surface area (Å²) in [5, 5.41) is 4.28. The van der Waals surface area contributed by atoms with Gasteiger partial charge in [0.2, 0.25) is 0 Å². The smallest absolute Gasteiger partial charge is 0.174 e. The summed E-state index contributed by atoms with van der Waals surface area (Å²) in [7, 11) is 0. The molecule has 2 aromatic carbocycles. The van der Waals surface area contributed by atoms with Gasteiger partial charge in [0, 0.05) is 29.0 Å². The first-order chi connectivity index (χ1) is 15.5. The van der Waals surface area contributed by atoms with Crippen LogP contribution in [-0.2, 0) is 0 Å². The number of nitrogens with zero attached hydrogens (tertiary/aromatic N) is 3. The SMILES string of the molecule is Cc1cccc(-n2c(C)cc([C@@H]3[C@H](c4ccccn4)NC(=S)N3c3ccccc3)c2C)c1. The number of benzene rings is 2. The molecular formula is C27H26N4S. The van der Waals surface area contributed by atoms with Gasteiger partial charge in [0.05, 0.1) is 17.8 Å². The molecule has 1 N–H and O–H groups in total. The van der Waals surface area contributed by atoms with E-state index in [9.17, 15) is 0 Å². The summed E-state index contributed by atoms with van der Waals surface area (Å²) in [4.78, 5) is 6.91. The van der Waals surface area contributed by atoms with E-state index in [0.29, 0.717) is 0 Å². The maximum absolute atomic E-state index is 5.85. The van der Waals surface area contributed by atoms with Crippen LogP contribution in [0.3, 0.4) is 0 Å². The van der Waals surface area contributed by atoms with E-state index in [1.54, 1.807) is 0 Å². The van der Waals surface area contributed by atoms with E-state index >= 15 is 0 Å². The fourth-order valence-corrected chi connectivity index (χ4v) is 5.13. The molecule has 5 rings (SSSR count). The van der Waals surface area contributed by atoms with Gasteiger partial charge >= 0.3 is 0 Å². The maximum Gasteiger partial charge on any atom is 0.174 e. The van der Waals surface area contributed by atoms with Crippen LogP contribution in [0.1, 0.15) is 40.3 Å². The largest absolute Gasteiger partial charge is 0.351 e. The lowest BCUT2D eigenvalue weighted by atomic mass is 9.96. The maximum atomic E-state index is 5.85. The Bertz CT molecular complexity index is 1260. The average Bonchev–Trinajstić information content (AvgIpc) is 3.30. The zero-order valence-corrected chi connectivity index (χ0v) is 19.3. The van der Waals surface area contributed by atoms with Crippen LogP contribution in [0.25, 0.3) is 5.69 Å². The van der Waals surface area contributed by atoms with Crippen LogP contribution in [0.5, 0.6) is 0 Å². The van der Waals surface area contributed by atoms with Crippen molar-refractivity contribution in [3.8, 4) is 5.69 Å². The number of rotatable bonds is 4. The lowest BCUT2D eigenvalue weighted by molar-refractivity contribution is 0.565. The predicted molar refractivity (Wildman–Crippen MR) is 134 cm³/mol. The molecule has 1 aliphatic heterocycles. The highest BCUT2D eigenvalue weighted by Crippen LogP contribution is 2.43. The van der Waals surface area contributed by atoms with Crippen molar-refractivity contribution >= 4 is 23.0 Å². The van der Waals surface area contributed by atoms with Gasteiger partial charge in [0.1, 0.15) is 0 Å². The molecule has 0 aliphatic carbocycles. The minimum Gasteiger partial charge on any atom is -0.351 e. The minimum absolute atomic E-state index is 0.00967. The van der Waals surface area contributed by atoms with Crippen LogP contribution in [0.2, 0.25) is 0 Å². The molecule has 1 aliphatic rings. The Morgan fingerprint density at radius 1 is 0.844 bits per heavy atom. The summed E-state index contributed by atoms with van der Waals surface area (Å²) in [5.41, 5.74) is 8.15. The fraction of sp³-hybridized carbons (Fsp3) is 0.185. The molecule has 4 nitrogen and oxygen atoms in total. The highest BCUT2D eigenvalue weighted by Gasteiger charge is 2.42. The molecule has 0 unspecified atom stereocenters. The second-order valence-electron chi connectivity index (χ2n) is 8.33.